The normalized spacial score (nSPS) is 13.7. The predicted molar refractivity (Wildman–Crippen MR) is 136 cm³/mol. The third kappa shape index (κ3) is 4.77. The van der Waals surface area contributed by atoms with Crippen LogP contribution in [-0.4, -0.2) is 24.2 Å². The van der Waals surface area contributed by atoms with Crippen molar-refractivity contribution in [3.63, 3.8) is 0 Å². The molecule has 0 saturated heterocycles. The topological polar surface area (TPSA) is 48.4 Å². The summed E-state index contributed by atoms with van der Waals surface area (Å²) >= 11 is 6.24. The summed E-state index contributed by atoms with van der Waals surface area (Å²) in [5.41, 5.74) is 5.00. The van der Waals surface area contributed by atoms with E-state index in [4.69, 9.17) is 26.1 Å². The maximum Gasteiger partial charge on any atom is 0.339 e. The summed E-state index contributed by atoms with van der Waals surface area (Å²) < 4.78 is 25.7. The van der Waals surface area contributed by atoms with Gasteiger partial charge in [-0.25, -0.2) is 14.2 Å². The average molecular weight is 488 g/mol. The van der Waals surface area contributed by atoms with Gasteiger partial charge in [0.1, 0.15) is 24.8 Å². The predicted octanol–water partition coefficient (Wildman–Crippen LogP) is 7.06. The monoisotopic (exact) mass is 487 g/mol. The van der Waals surface area contributed by atoms with Crippen LogP contribution in [-0.2, 0) is 11.2 Å². The molecule has 35 heavy (non-hydrogen) atoms. The van der Waals surface area contributed by atoms with E-state index in [9.17, 15) is 9.18 Å². The fourth-order valence-electron chi connectivity index (χ4n) is 4.34. The zero-order chi connectivity index (χ0) is 24.4. The number of rotatable bonds is 6. The first kappa shape index (κ1) is 23.1. The minimum atomic E-state index is -0.419. The molecule has 0 aliphatic heterocycles. The molecule has 1 aliphatic carbocycles. The van der Waals surface area contributed by atoms with Crippen molar-refractivity contribution in [2.45, 2.75) is 19.8 Å². The highest BCUT2D eigenvalue weighted by Crippen LogP contribution is 2.38. The number of pyridine rings is 1. The number of benzene rings is 3. The second-order valence-corrected chi connectivity index (χ2v) is 8.84. The summed E-state index contributed by atoms with van der Waals surface area (Å²) in [4.78, 5) is 18.1. The maximum absolute atomic E-state index is 14.4. The summed E-state index contributed by atoms with van der Waals surface area (Å²) in [6.07, 6.45) is 2.96. The Bertz CT molecular complexity index is 1430. The first-order valence-electron chi connectivity index (χ1n) is 11.4. The standard InChI is InChI=1S/C29H23ClFNO3/c1-18-9-12-20(13-10-18)34-15-16-35-29(33)27-21-5-2-3-8-26(21)32-28-19(11-14-22(27)28)17-23-24(30)6-4-7-25(23)31/h2-10,12-13,17H,11,14-16H2,1H3. The van der Waals surface area contributed by atoms with E-state index in [1.54, 1.807) is 18.2 Å². The van der Waals surface area contributed by atoms with Gasteiger partial charge in [-0.15, -0.1) is 0 Å². The SMILES string of the molecule is Cc1ccc(OCCOC(=O)c2c3c(nc4ccccc24)C(=Cc2c(F)cccc2Cl)CC3)cc1. The van der Waals surface area contributed by atoms with Gasteiger partial charge in [0.2, 0.25) is 0 Å². The van der Waals surface area contributed by atoms with Crippen molar-refractivity contribution in [3.8, 4) is 5.75 Å². The Labute approximate surface area is 208 Å². The molecule has 0 atom stereocenters. The maximum atomic E-state index is 14.4. The van der Waals surface area contributed by atoms with E-state index in [0.717, 1.165) is 27.8 Å². The zero-order valence-corrected chi connectivity index (χ0v) is 19.9. The van der Waals surface area contributed by atoms with Crippen LogP contribution in [0.3, 0.4) is 0 Å². The van der Waals surface area contributed by atoms with Crippen molar-refractivity contribution in [2.75, 3.05) is 13.2 Å². The number of ether oxygens (including phenoxy) is 2. The highest BCUT2D eigenvalue weighted by atomic mass is 35.5. The third-order valence-corrected chi connectivity index (χ3v) is 6.40. The van der Waals surface area contributed by atoms with Gasteiger partial charge in [-0.2, -0.15) is 0 Å². The lowest BCUT2D eigenvalue weighted by Crippen LogP contribution is -2.15. The van der Waals surface area contributed by atoms with Crippen LogP contribution in [0.5, 0.6) is 5.75 Å². The van der Waals surface area contributed by atoms with Gasteiger partial charge in [0.05, 0.1) is 21.8 Å². The van der Waals surface area contributed by atoms with Crippen molar-refractivity contribution in [1.29, 1.82) is 0 Å². The first-order chi connectivity index (χ1) is 17.0. The van der Waals surface area contributed by atoms with E-state index in [0.29, 0.717) is 40.2 Å². The molecule has 4 aromatic rings. The number of aromatic nitrogens is 1. The smallest absolute Gasteiger partial charge is 0.339 e. The van der Waals surface area contributed by atoms with Crippen LogP contribution in [0.4, 0.5) is 4.39 Å². The molecule has 176 valence electrons. The molecule has 6 heteroatoms. The van der Waals surface area contributed by atoms with Crippen molar-refractivity contribution in [2.24, 2.45) is 0 Å². The van der Waals surface area contributed by atoms with Crippen LogP contribution >= 0.6 is 11.6 Å². The molecule has 0 amide bonds. The van der Waals surface area contributed by atoms with Crippen molar-refractivity contribution >= 4 is 40.1 Å². The first-order valence-corrected chi connectivity index (χ1v) is 11.8. The van der Waals surface area contributed by atoms with Crippen LogP contribution in [0.15, 0.2) is 66.7 Å². The number of halogens is 2. The Morgan fingerprint density at radius 2 is 1.83 bits per heavy atom. The summed E-state index contributed by atoms with van der Waals surface area (Å²) in [5, 5.41) is 1.07. The van der Waals surface area contributed by atoms with Crippen LogP contribution in [0.2, 0.25) is 5.02 Å². The van der Waals surface area contributed by atoms with Crippen molar-refractivity contribution < 1.29 is 18.7 Å². The van der Waals surface area contributed by atoms with Gasteiger partial charge in [0, 0.05) is 10.9 Å². The number of allylic oxidation sites excluding steroid dienone is 1. The number of hydrogen-bond donors (Lipinski definition) is 0. The quantitative estimate of drug-likeness (QED) is 0.216. The van der Waals surface area contributed by atoms with E-state index < -0.39 is 11.8 Å². The Morgan fingerprint density at radius 3 is 2.63 bits per heavy atom. The zero-order valence-electron chi connectivity index (χ0n) is 19.2. The van der Waals surface area contributed by atoms with E-state index in [2.05, 4.69) is 0 Å². The summed E-state index contributed by atoms with van der Waals surface area (Å²) in [5.74, 6) is -0.0894. The Hall–Kier alpha value is -3.70. The van der Waals surface area contributed by atoms with E-state index in [1.807, 2.05) is 55.5 Å². The Kier molecular flexibility index (Phi) is 6.51. The minimum absolute atomic E-state index is 0.117. The van der Waals surface area contributed by atoms with Gasteiger partial charge in [-0.05, 0) is 67.3 Å². The minimum Gasteiger partial charge on any atom is -0.490 e. The van der Waals surface area contributed by atoms with Gasteiger partial charge in [0.15, 0.2) is 0 Å². The number of aryl methyl sites for hydroxylation is 1. The van der Waals surface area contributed by atoms with Gasteiger partial charge >= 0.3 is 5.97 Å². The Balaban J connectivity index is 1.43. The molecule has 0 bridgehead atoms. The van der Waals surface area contributed by atoms with Crippen LogP contribution in [0.25, 0.3) is 22.6 Å². The molecule has 0 radical (unpaired) electrons. The fourth-order valence-corrected chi connectivity index (χ4v) is 4.55. The Morgan fingerprint density at radius 1 is 1.03 bits per heavy atom. The van der Waals surface area contributed by atoms with Crippen molar-refractivity contribution in [1.82, 2.24) is 4.98 Å². The number of esters is 1. The molecule has 1 aliphatic rings. The molecular formula is C29H23ClFNO3. The summed E-state index contributed by atoms with van der Waals surface area (Å²) in [7, 11) is 0. The van der Waals surface area contributed by atoms with Crippen LogP contribution in [0.1, 0.15) is 39.2 Å². The van der Waals surface area contributed by atoms with Gasteiger partial charge in [-0.1, -0.05) is 53.6 Å². The van der Waals surface area contributed by atoms with E-state index in [-0.39, 0.29) is 13.2 Å². The van der Waals surface area contributed by atoms with Crippen LogP contribution in [0, 0.1) is 12.7 Å². The number of fused-ring (bicyclic) bond motifs is 2. The molecule has 1 aromatic heterocycles. The number of carbonyl (C=O) groups is 1. The molecule has 0 unspecified atom stereocenters. The van der Waals surface area contributed by atoms with Gasteiger partial charge in [-0.3, -0.25) is 0 Å². The highest BCUT2D eigenvalue weighted by Gasteiger charge is 2.28. The molecular weight excluding hydrogens is 465 g/mol. The number of hydrogen-bond acceptors (Lipinski definition) is 4. The van der Waals surface area contributed by atoms with E-state index in [1.165, 1.54) is 6.07 Å². The van der Waals surface area contributed by atoms with Crippen molar-refractivity contribution in [3.05, 3.63) is 106 Å². The summed E-state index contributed by atoms with van der Waals surface area (Å²) in [6.45, 7) is 2.37. The second-order valence-electron chi connectivity index (χ2n) is 8.43. The lowest BCUT2D eigenvalue weighted by molar-refractivity contribution is 0.0451. The number of para-hydroxylation sites is 1. The lowest BCUT2D eigenvalue weighted by atomic mass is 10.0. The molecule has 1 heterocycles. The average Bonchev–Trinajstić information content (AvgIpc) is 3.25. The van der Waals surface area contributed by atoms with Crippen LogP contribution < -0.4 is 4.74 Å². The van der Waals surface area contributed by atoms with Gasteiger partial charge in [0.25, 0.3) is 0 Å². The number of nitrogens with zero attached hydrogens (tertiary/aromatic N) is 1. The highest BCUT2D eigenvalue weighted by molar-refractivity contribution is 6.32. The fraction of sp³-hybridized carbons (Fsp3) is 0.172. The number of carbonyl (C=O) groups excluding carboxylic acids is 1. The molecule has 4 nitrogen and oxygen atoms in total. The third-order valence-electron chi connectivity index (χ3n) is 6.07. The molecule has 5 rings (SSSR count). The molecule has 0 spiro atoms. The second kappa shape index (κ2) is 9.88. The van der Waals surface area contributed by atoms with E-state index >= 15 is 0 Å². The lowest BCUT2D eigenvalue weighted by Gasteiger charge is -2.13. The molecule has 3 aromatic carbocycles. The van der Waals surface area contributed by atoms with Gasteiger partial charge < -0.3 is 9.47 Å². The molecule has 0 N–H and O–H groups in total. The molecule has 0 fully saturated rings. The molecule has 0 saturated carbocycles. The largest absolute Gasteiger partial charge is 0.490 e. The summed E-state index contributed by atoms with van der Waals surface area (Å²) in [6, 6.07) is 19.8.